The summed E-state index contributed by atoms with van der Waals surface area (Å²) in [6, 6.07) is 35.5. The van der Waals surface area contributed by atoms with Crippen LogP contribution >= 0.6 is 0 Å². The molecule has 0 fully saturated rings. The summed E-state index contributed by atoms with van der Waals surface area (Å²) in [6.45, 7) is 0. The summed E-state index contributed by atoms with van der Waals surface area (Å²) in [5, 5.41) is 13.1. The molecule has 0 heteroatoms. The maximum absolute atomic E-state index is 2.35. The highest BCUT2D eigenvalue weighted by Gasteiger charge is 2.08. The van der Waals surface area contributed by atoms with Crippen LogP contribution in [-0.4, -0.2) is 0 Å². The van der Waals surface area contributed by atoms with E-state index in [0.29, 0.717) is 0 Å². The van der Waals surface area contributed by atoms with Crippen molar-refractivity contribution >= 4 is 53.9 Å². The number of hydrogen-bond donors (Lipinski definition) is 0. The van der Waals surface area contributed by atoms with Crippen LogP contribution in [0.1, 0.15) is 0 Å². The zero-order valence-electron chi connectivity index (χ0n) is 14.2. The summed E-state index contributed by atoms with van der Waals surface area (Å²) >= 11 is 0. The van der Waals surface area contributed by atoms with Gasteiger partial charge >= 0.3 is 0 Å². The van der Waals surface area contributed by atoms with Crippen molar-refractivity contribution < 1.29 is 0 Å². The van der Waals surface area contributed by atoms with Crippen LogP contribution in [0.3, 0.4) is 0 Å². The monoisotopic (exact) mass is 328 g/mol. The van der Waals surface area contributed by atoms with Crippen LogP contribution in [0.4, 0.5) is 0 Å². The molecule has 0 radical (unpaired) electrons. The molecule has 0 nitrogen and oxygen atoms in total. The number of hydrogen-bond acceptors (Lipinski definition) is 0. The Kier molecular flexibility index (Phi) is 2.70. The maximum Gasteiger partial charge on any atom is -0.00264 e. The average Bonchev–Trinajstić information content (AvgIpc) is 2.70. The lowest BCUT2D eigenvalue weighted by molar-refractivity contribution is 1.78. The predicted molar refractivity (Wildman–Crippen MR) is 114 cm³/mol. The summed E-state index contributed by atoms with van der Waals surface area (Å²) in [7, 11) is 0. The van der Waals surface area contributed by atoms with Crippen molar-refractivity contribution in [2.45, 2.75) is 0 Å². The average molecular weight is 328 g/mol. The molecular formula is C26H16. The highest BCUT2D eigenvalue weighted by molar-refractivity contribution is 6.23. The Morgan fingerprint density at radius 1 is 0.308 bits per heavy atom. The lowest BCUT2D eigenvalue weighted by atomic mass is 9.93. The Morgan fingerprint density at radius 3 is 1.15 bits per heavy atom. The molecule has 0 aliphatic heterocycles. The fourth-order valence-electron chi connectivity index (χ4n) is 4.26. The Morgan fingerprint density at radius 2 is 0.692 bits per heavy atom. The third-order valence-electron chi connectivity index (χ3n) is 5.55. The fourth-order valence-corrected chi connectivity index (χ4v) is 4.26. The summed E-state index contributed by atoms with van der Waals surface area (Å²) in [6.07, 6.45) is 0. The van der Waals surface area contributed by atoms with Crippen LogP contribution in [0.25, 0.3) is 53.9 Å². The molecule has 0 aliphatic rings. The zero-order valence-corrected chi connectivity index (χ0v) is 14.2. The molecular weight excluding hydrogens is 312 g/mol. The van der Waals surface area contributed by atoms with Gasteiger partial charge in [0.1, 0.15) is 0 Å². The van der Waals surface area contributed by atoms with Gasteiger partial charge in [0.25, 0.3) is 0 Å². The molecule has 0 N–H and O–H groups in total. The van der Waals surface area contributed by atoms with Gasteiger partial charge in [-0.3, -0.25) is 0 Å². The summed E-state index contributed by atoms with van der Waals surface area (Å²) < 4.78 is 0. The van der Waals surface area contributed by atoms with Crippen LogP contribution in [0, 0.1) is 0 Å². The molecule has 0 spiro atoms. The molecule has 6 aromatic rings. The summed E-state index contributed by atoms with van der Waals surface area (Å²) in [4.78, 5) is 0. The molecule has 6 rings (SSSR count). The van der Waals surface area contributed by atoms with Gasteiger partial charge in [0, 0.05) is 0 Å². The van der Waals surface area contributed by atoms with Gasteiger partial charge < -0.3 is 0 Å². The van der Waals surface area contributed by atoms with Crippen molar-refractivity contribution in [3.63, 3.8) is 0 Å². The summed E-state index contributed by atoms with van der Waals surface area (Å²) in [5.74, 6) is 0. The zero-order chi connectivity index (χ0) is 17.1. The molecule has 120 valence electrons. The first-order chi connectivity index (χ1) is 12.9. The SMILES string of the molecule is c1ccc2cc3c(ccc4ccc5cc6ccccc6cc5c43)cc2c1. The first kappa shape index (κ1) is 13.9. The van der Waals surface area contributed by atoms with E-state index in [1.165, 1.54) is 53.9 Å². The Labute approximate surface area is 151 Å². The van der Waals surface area contributed by atoms with E-state index in [-0.39, 0.29) is 0 Å². The molecule has 26 heavy (non-hydrogen) atoms. The first-order valence-electron chi connectivity index (χ1n) is 9.04. The molecule has 0 amide bonds. The van der Waals surface area contributed by atoms with E-state index in [0.717, 1.165) is 0 Å². The molecule has 0 saturated carbocycles. The molecule has 0 bridgehead atoms. The molecule has 0 saturated heterocycles. The van der Waals surface area contributed by atoms with Gasteiger partial charge in [-0.05, 0) is 78.1 Å². The summed E-state index contributed by atoms with van der Waals surface area (Å²) in [5.41, 5.74) is 0. The van der Waals surface area contributed by atoms with Gasteiger partial charge in [-0.2, -0.15) is 0 Å². The van der Waals surface area contributed by atoms with E-state index in [4.69, 9.17) is 0 Å². The highest BCUT2D eigenvalue weighted by Crippen LogP contribution is 2.36. The van der Waals surface area contributed by atoms with Crippen molar-refractivity contribution in [1.29, 1.82) is 0 Å². The Balaban J connectivity index is 1.88. The molecule has 0 unspecified atom stereocenters. The van der Waals surface area contributed by atoms with E-state index in [2.05, 4.69) is 97.1 Å². The van der Waals surface area contributed by atoms with Gasteiger partial charge in [0.15, 0.2) is 0 Å². The third-order valence-corrected chi connectivity index (χ3v) is 5.55. The van der Waals surface area contributed by atoms with Gasteiger partial charge in [0.05, 0.1) is 0 Å². The fraction of sp³-hybridized carbons (Fsp3) is 0. The normalized spacial score (nSPS) is 11.8. The van der Waals surface area contributed by atoms with Crippen molar-refractivity contribution in [1.82, 2.24) is 0 Å². The number of rotatable bonds is 0. The minimum atomic E-state index is 1.30. The van der Waals surface area contributed by atoms with E-state index in [9.17, 15) is 0 Å². The minimum Gasteiger partial charge on any atom is -0.0616 e. The van der Waals surface area contributed by atoms with Crippen LogP contribution < -0.4 is 0 Å². The lowest BCUT2D eigenvalue weighted by Gasteiger charge is -2.11. The number of fused-ring (bicyclic) bond motifs is 7. The van der Waals surface area contributed by atoms with Crippen molar-refractivity contribution in [2.75, 3.05) is 0 Å². The van der Waals surface area contributed by atoms with Crippen LogP contribution in [-0.2, 0) is 0 Å². The molecule has 0 atom stereocenters. The first-order valence-corrected chi connectivity index (χ1v) is 9.04. The molecule has 6 aromatic carbocycles. The quantitative estimate of drug-likeness (QED) is 0.200. The van der Waals surface area contributed by atoms with E-state index >= 15 is 0 Å². The van der Waals surface area contributed by atoms with E-state index in [1.54, 1.807) is 0 Å². The van der Waals surface area contributed by atoms with E-state index < -0.39 is 0 Å². The second-order valence-electron chi connectivity index (χ2n) is 7.07. The van der Waals surface area contributed by atoms with Gasteiger partial charge in [-0.15, -0.1) is 0 Å². The Bertz CT molecular complexity index is 1360. The van der Waals surface area contributed by atoms with Crippen LogP contribution in [0.15, 0.2) is 97.1 Å². The lowest BCUT2D eigenvalue weighted by Crippen LogP contribution is -1.83. The molecule has 0 heterocycles. The van der Waals surface area contributed by atoms with Gasteiger partial charge in [-0.25, -0.2) is 0 Å². The number of benzene rings is 6. The van der Waals surface area contributed by atoms with Crippen LogP contribution in [0.2, 0.25) is 0 Å². The second kappa shape index (κ2) is 5.06. The topological polar surface area (TPSA) is 0 Å². The van der Waals surface area contributed by atoms with Crippen molar-refractivity contribution in [3.8, 4) is 0 Å². The highest BCUT2D eigenvalue weighted by atomic mass is 14.1. The maximum atomic E-state index is 2.35. The van der Waals surface area contributed by atoms with E-state index in [1.807, 2.05) is 0 Å². The second-order valence-corrected chi connectivity index (χ2v) is 7.07. The molecule has 0 aromatic heterocycles. The standard InChI is InChI=1S/C26H16/c1-3-7-20-15-24-22(13-18(20)5-1)11-9-17-10-12-23-14-19-6-2-4-8-21(19)16-25(23)26(17)24/h1-16H. The third kappa shape index (κ3) is 1.90. The predicted octanol–water partition coefficient (Wildman–Crippen LogP) is 7.45. The van der Waals surface area contributed by atoms with Crippen LogP contribution in [0.5, 0.6) is 0 Å². The largest absolute Gasteiger partial charge is 0.0616 e. The minimum absolute atomic E-state index is 1.30. The smallest absolute Gasteiger partial charge is 0.00264 e. The van der Waals surface area contributed by atoms with Gasteiger partial charge in [0.2, 0.25) is 0 Å². The molecule has 0 aliphatic carbocycles. The Hall–Kier alpha value is -3.38. The van der Waals surface area contributed by atoms with Gasteiger partial charge in [-0.1, -0.05) is 72.8 Å². The van der Waals surface area contributed by atoms with Crippen molar-refractivity contribution in [2.24, 2.45) is 0 Å². The van der Waals surface area contributed by atoms with Crippen molar-refractivity contribution in [3.05, 3.63) is 97.1 Å².